The van der Waals surface area contributed by atoms with Crippen molar-refractivity contribution >= 4 is 55.3 Å². The van der Waals surface area contributed by atoms with E-state index in [1.54, 1.807) is 20.8 Å². The number of likely N-dealkylation sites (tertiary alicyclic amines) is 1. The summed E-state index contributed by atoms with van der Waals surface area (Å²) in [5.74, 6) is -1.11. The third-order valence-electron chi connectivity index (χ3n) is 10.1. The number of morpholine rings is 1. The van der Waals surface area contributed by atoms with Gasteiger partial charge < -0.3 is 33.9 Å². The highest BCUT2D eigenvalue weighted by molar-refractivity contribution is 7.23. The first-order valence-corrected chi connectivity index (χ1v) is 18.6. The van der Waals surface area contributed by atoms with Crippen molar-refractivity contribution in [2.45, 2.75) is 64.5 Å². The van der Waals surface area contributed by atoms with Crippen molar-refractivity contribution in [3.05, 3.63) is 34.5 Å². The summed E-state index contributed by atoms with van der Waals surface area (Å²) in [7, 11) is 0. The number of carbonyl (C=O) groups is 2. The van der Waals surface area contributed by atoms with Gasteiger partial charge in [-0.05, 0) is 44.7 Å². The third kappa shape index (κ3) is 6.48. The normalized spacial score (nSPS) is 20.0. The summed E-state index contributed by atoms with van der Waals surface area (Å²) >= 11 is 0.822. The Kier molecular flexibility index (Phi) is 9.36. The van der Waals surface area contributed by atoms with Crippen LogP contribution >= 0.6 is 11.3 Å². The first-order chi connectivity index (χ1) is 25.9. The van der Waals surface area contributed by atoms with E-state index in [0.29, 0.717) is 42.1 Å². The fourth-order valence-electron chi connectivity index (χ4n) is 7.84. The van der Waals surface area contributed by atoms with E-state index >= 15 is 8.78 Å². The maximum Gasteiger partial charge on any atom is 0.412 e. The van der Waals surface area contributed by atoms with Crippen LogP contribution in [-0.2, 0) is 27.4 Å². The average molecular weight is 765 g/mol. The van der Waals surface area contributed by atoms with E-state index in [0.717, 1.165) is 43.5 Å². The molecular weight excluding hydrogens is 727 g/mol. The molecule has 3 fully saturated rings. The van der Waals surface area contributed by atoms with E-state index in [-0.39, 0.29) is 88.4 Å². The zero-order valence-electron chi connectivity index (χ0n) is 29.9. The number of anilines is 2. The molecule has 0 radical (unpaired) electrons. The lowest BCUT2D eigenvalue weighted by molar-refractivity contribution is 0.0317. The molecule has 0 aliphatic carbocycles. The lowest BCUT2D eigenvalue weighted by Gasteiger charge is -2.41. The van der Waals surface area contributed by atoms with Crippen molar-refractivity contribution in [3.8, 4) is 23.3 Å². The predicted molar refractivity (Wildman–Crippen MR) is 193 cm³/mol. The van der Waals surface area contributed by atoms with Crippen molar-refractivity contribution < 1.29 is 42.4 Å². The van der Waals surface area contributed by atoms with Gasteiger partial charge in [-0.25, -0.2) is 18.4 Å². The molecule has 4 aliphatic rings. The molecule has 3 saturated heterocycles. The Morgan fingerprint density at radius 2 is 1.81 bits per heavy atom. The topological polar surface area (TPSA) is 176 Å². The number of nitrogens with one attached hydrogen (secondary N) is 1. The number of amides is 2. The van der Waals surface area contributed by atoms with E-state index in [9.17, 15) is 20.0 Å². The number of benzene rings is 1. The minimum absolute atomic E-state index is 0.00170. The first-order valence-electron chi connectivity index (χ1n) is 17.7. The summed E-state index contributed by atoms with van der Waals surface area (Å²) in [5.41, 5.74) is 0.0219. The van der Waals surface area contributed by atoms with Crippen LogP contribution in [0.5, 0.6) is 6.01 Å². The quantitative estimate of drug-likeness (QED) is 0.242. The summed E-state index contributed by atoms with van der Waals surface area (Å²) in [6.45, 7) is 9.17. The number of thiophene rings is 1. The number of hydrogen-bond donors (Lipinski definition) is 2. The van der Waals surface area contributed by atoms with Crippen LogP contribution in [0.4, 0.5) is 29.2 Å². The summed E-state index contributed by atoms with van der Waals surface area (Å²) in [5, 5.41) is 23.2. The van der Waals surface area contributed by atoms with Gasteiger partial charge in [0.2, 0.25) is 0 Å². The van der Waals surface area contributed by atoms with Gasteiger partial charge in [0.05, 0.1) is 54.0 Å². The van der Waals surface area contributed by atoms with Gasteiger partial charge in [0.15, 0.2) is 11.6 Å². The molecule has 0 saturated carbocycles. The Bertz CT molecular complexity index is 2200. The molecule has 0 spiro atoms. The van der Waals surface area contributed by atoms with Crippen LogP contribution in [0.3, 0.4) is 0 Å². The second-order valence-corrected chi connectivity index (χ2v) is 15.7. The number of carbonyl (C=O) groups excluding carboxylic acids is 1. The number of nitriles is 1. The van der Waals surface area contributed by atoms with E-state index in [1.165, 1.54) is 4.90 Å². The highest BCUT2D eigenvalue weighted by Gasteiger charge is 2.44. The smallest absolute Gasteiger partial charge is 0.412 e. The highest BCUT2D eigenvalue weighted by Crippen LogP contribution is 2.48. The van der Waals surface area contributed by atoms with Gasteiger partial charge in [-0.2, -0.15) is 15.2 Å². The molecule has 18 heteroatoms. The van der Waals surface area contributed by atoms with Gasteiger partial charge in [-0.15, -0.1) is 11.3 Å². The van der Waals surface area contributed by atoms with Crippen LogP contribution in [0.25, 0.3) is 32.2 Å². The standard InChI is InChI=1S/C36H38F2N8O7S/c1-36(2,3)53-34(47)43-32-20(12-39)25-28(40-13-23(37)30(25)54-32)24-21-16-51-17-22(21)26-29(27(24)38)41-33(52-11-8-44-6-9-50-10-7-44)42-31(26)46-18-4-5-19(46)15-45(14-18)35(48)49/h13,18-19H,4-11,14-17H2,1-3H3,(H,43,47)(H,48,49). The SMILES string of the molecule is CC(C)(C)OC(=O)Nc1sc2c(F)cnc(-c3c4c(c5c(N6C7CCC6CN(C(=O)O)C7)nc(OCCN6CCOCC6)nc5c3F)COC4)c2c1C#N. The summed E-state index contributed by atoms with van der Waals surface area (Å²) in [6.07, 6.45) is 0.570. The van der Waals surface area contributed by atoms with Crippen molar-refractivity contribution in [1.29, 1.82) is 5.26 Å². The second kappa shape index (κ2) is 14.0. The number of pyridine rings is 1. The molecule has 1 aromatic carbocycles. The van der Waals surface area contributed by atoms with Crippen molar-refractivity contribution in [2.24, 2.45) is 0 Å². The Morgan fingerprint density at radius 3 is 2.50 bits per heavy atom. The molecule has 54 heavy (non-hydrogen) atoms. The minimum Gasteiger partial charge on any atom is -0.465 e. The third-order valence-corrected chi connectivity index (χ3v) is 11.2. The Morgan fingerprint density at radius 1 is 1.09 bits per heavy atom. The molecule has 2 amide bonds. The van der Waals surface area contributed by atoms with E-state index in [4.69, 9.17) is 23.9 Å². The molecule has 15 nitrogen and oxygen atoms in total. The molecule has 8 rings (SSSR count). The molecule has 2 unspecified atom stereocenters. The van der Waals surface area contributed by atoms with Crippen LogP contribution in [0.2, 0.25) is 0 Å². The number of aromatic nitrogens is 3. The van der Waals surface area contributed by atoms with E-state index < -0.39 is 29.4 Å². The number of hydrogen-bond acceptors (Lipinski definition) is 13. The number of halogens is 2. The van der Waals surface area contributed by atoms with Crippen molar-refractivity contribution in [1.82, 2.24) is 24.8 Å². The van der Waals surface area contributed by atoms with E-state index in [2.05, 4.69) is 31.2 Å². The summed E-state index contributed by atoms with van der Waals surface area (Å²) in [6, 6.07) is 1.59. The largest absolute Gasteiger partial charge is 0.465 e. The Labute approximate surface area is 312 Å². The highest BCUT2D eigenvalue weighted by atomic mass is 32.1. The van der Waals surface area contributed by atoms with Crippen LogP contribution < -0.4 is 15.0 Å². The van der Waals surface area contributed by atoms with Crippen LogP contribution in [0, 0.1) is 23.0 Å². The molecule has 284 valence electrons. The van der Waals surface area contributed by atoms with Gasteiger partial charge in [0.1, 0.15) is 34.6 Å². The number of nitrogens with zero attached hydrogens (tertiary/aromatic N) is 7. The number of piperazine rings is 1. The second-order valence-electron chi connectivity index (χ2n) is 14.7. The van der Waals surface area contributed by atoms with Gasteiger partial charge in [0.25, 0.3) is 0 Å². The summed E-state index contributed by atoms with van der Waals surface area (Å²) < 4.78 is 55.9. The molecule has 4 aliphatic heterocycles. The fourth-order valence-corrected chi connectivity index (χ4v) is 8.88. The zero-order chi connectivity index (χ0) is 37.9. The van der Waals surface area contributed by atoms with Gasteiger partial charge in [-0.1, -0.05) is 0 Å². The van der Waals surface area contributed by atoms with Gasteiger partial charge in [0, 0.05) is 55.8 Å². The van der Waals surface area contributed by atoms with Crippen molar-refractivity contribution in [2.75, 3.05) is 62.8 Å². The zero-order valence-corrected chi connectivity index (χ0v) is 30.7. The lowest BCUT2D eigenvalue weighted by atomic mass is 9.93. The molecule has 2 bridgehead atoms. The number of rotatable bonds is 7. The minimum atomic E-state index is -0.996. The van der Waals surface area contributed by atoms with Crippen LogP contribution in [-0.4, -0.2) is 112 Å². The molecule has 3 aromatic heterocycles. The monoisotopic (exact) mass is 764 g/mol. The maximum absolute atomic E-state index is 17.6. The van der Waals surface area contributed by atoms with Gasteiger partial charge >= 0.3 is 18.2 Å². The Hall–Kier alpha value is -4.96. The molecule has 4 aromatic rings. The number of fused-ring (bicyclic) bond motifs is 6. The maximum atomic E-state index is 17.6. The Balaban J connectivity index is 1.29. The molecular formula is C36H38F2N8O7S. The molecule has 2 N–H and O–H groups in total. The molecule has 2 atom stereocenters. The summed E-state index contributed by atoms with van der Waals surface area (Å²) in [4.78, 5) is 44.3. The predicted octanol–water partition coefficient (Wildman–Crippen LogP) is 5.48. The van der Waals surface area contributed by atoms with Crippen LogP contribution in [0.1, 0.15) is 50.3 Å². The fraction of sp³-hybridized carbons (Fsp3) is 0.500. The van der Waals surface area contributed by atoms with E-state index in [1.807, 2.05) is 0 Å². The van der Waals surface area contributed by atoms with Crippen LogP contribution in [0.15, 0.2) is 6.20 Å². The lowest BCUT2D eigenvalue weighted by Crippen LogP contribution is -2.55. The first kappa shape index (κ1) is 36.0. The number of carboxylic acid groups (broad SMARTS) is 1. The number of ether oxygens (including phenoxy) is 4. The molecule has 7 heterocycles. The van der Waals surface area contributed by atoms with Gasteiger partial charge in [-0.3, -0.25) is 15.2 Å². The average Bonchev–Trinajstić information content (AvgIpc) is 3.82. The van der Waals surface area contributed by atoms with Crippen molar-refractivity contribution in [3.63, 3.8) is 0 Å².